The van der Waals surface area contributed by atoms with Crippen LogP contribution in [0, 0.1) is 12.7 Å². The molecule has 1 aromatic heterocycles. The number of carbonyl (C=O) groups excluding carboxylic acids is 2. The van der Waals surface area contributed by atoms with Gasteiger partial charge in [0.25, 0.3) is 11.8 Å². The van der Waals surface area contributed by atoms with E-state index in [1.165, 1.54) is 38.7 Å². The minimum Gasteiger partial charge on any atom is -0.493 e. The second-order valence-electron chi connectivity index (χ2n) is 9.65. The largest absolute Gasteiger partial charge is 0.493 e. The highest BCUT2D eigenvalue weighted by Crippen LogP contribution is 2.43. The number of hydrogen-bond acceptors (Lipinski definition) is 8. The van der Waals surface area contributed by atoms with Crippen molar-refractivity contribution in [2.24, 2.45) is 4.99 Å². The van der Waals surface area contributed by atoms with Crippen LogP contribution in [0.25, 0.3) is 5.70 Å². The molecule has 2 aromatic carbocycles. The number of benzene rings is 2. The van der Waals surface area contributed by atoms with E-state index >= 15 is 0 Å². The molecule has 214 valence electrons. The number of fused-ring (bicyclic) bond motifs is 1. The van der Waals surface area contributed by atoms with Gasteiger partial charge in [-0.25, -0.2) is 9.38 Å². The fourth-order valence-corrected chi connectivity index (χ4v) is 6.20. The minimum atomic E-state index is -0.291. The minimum absolute atomic E-state index is 0.106. The van der Waals surface area contributed by atoms with Gasteiger partial charge in [-0.15, -0.1) is 11.3 Å². The van der Waals surface area contributed by atoms with Gasteiger partial charge in [-0.1, -0.05) is 24.8 Å². The Morgan fingerprint density at radius 3 is 2.17 bits per heavy atom. The summed E-state index contributed by atoms with van der Waals surface area (Å²) in [7, 11) is 4.51. The Labute approximate surface area is 242 Å². The maximum Gasteiger partial charge on any atom is 0.264 e. The Kier molecular flexibility index (Phi) is 7.98. The summed E-state index contributed by atoms with van der Waals surface area (Å²) < 4.78 is 30.4. The molecular formula is C30H31FN4O5S. The van der Waals surface area contributed by atoms with E-state index in [9.17, 15) is 14.0 Å². The molecule has 9 nitrogen and oxygen atoms in total. The molecule has 0 aliphatic carbocycles. The van der Waals surface area contributed by atoms with E-state index in [1.807, 2.05) is 6.92 Å². The van der Waals surface area contributed by atoms with Gasteiger partial charge in [0.2, 0.25) is 5.75 Å². The zero-order valence-corrected chi connectivity index (χ0v) is 24.2. The van der Waals surface area contributed by atoms with Crippen LogP contribution in [0.4, 0.5) is 9.39 Å². The first-order valence-electron chi connectivity index (χ1n) is 13.0. The molecule has 0 bridgehead atoms. The van der Waals surface area contributed by atoms with Gasteiger partial charge in [-0.05, 0) is 30.7 Å². The van der Waals surface area contributed by atoms with Gasteiger partial charge in [-0.3, -0.25) is 9.59 Å². The molecule has 0 N–H and O–H groups in total. The summed E-state index contributed by atoms with van der Waals surface area (Å²) in [4.78, 5) is 37.3. The standard InChI is InChI=1S/C30H31FN4O5S/c1-18-25-19(2)35(16-20-8-6-7-9-22(20)31)17-32-28(25)41-27(18)30(37)34-12-10-33(11-13-34)29(36)21-14-23(38-3)26(40-5)24(15-21)39-4/h6-9,14-15,17H,2,10-13,16H2,1,3-5H3. The van der Waals surface area contributed by atoms with Gasteiger partial charge in [0.05, 0.1) is 39.1 Å². The van der Waals surface area contributed by atoms with Crippen LogP contribution < -0.4 is 14.2 Å². The van der Waals surface area contributed by atoms with Gasteiger partial charge in [0, 0.05) is 48.6 Å². The smallest absolute Gasteiger partial charge is 0.264 e. The predicted molar refractivity (Wildman–Crippen MR) is 156 cm³/mol. The van der Waals surface area contributed by atoms with E-state index in [-0.39, 0.29) is 24.2 Å². The summed E-state index contributed by atoms with van der Waals surface area (Å²) in [6.45, 7) is 7.94. The Morgan fingerprint density at radius 1 is 0.976 bits per heavy atom. The van der Waals surface area contributed by atoms with Crippen molar-refractivity contribution in [1.82, 2.24) is 14.7 Å². The molecule has 2 aliphatic heterocycles. The first-order valence-corrected chi connectivity index (χ1v) is 13.8. The van der Waals surface area contributed by atoms with E-state index < -0.39 is 0 Å². The lowest BCUT2D eigenvalue weighted by Gasteiger charge is -2.35. The average Bonchev–Trinajstić information content (AvgIpc) is 3.34. The second-order valence-corrected chi connectivity index (χ2v) is 10.6. The van der Waals surface area contributed by atoms with Crippen molar-refractivity contribution in [2.45, 2.75) is 13.5 Å². The zero-order valence-electron chi connectivity index (χ0n) is 23.4. The normalized spacial score (nSPS) is 14.7. The number of aliphatic imine (C=N–C) groups is 1. The first-order chi connectivity index (χ1) is 19.8. The van der Waals surface area contributed by atoms with E-state index in [0.717, 1.165) is 11.1 Å². The maximum absolute atomic E-state index is 14.2. The summed E-state index contributed by atoms with van der Waals surface area (Å²) in [5, 5.41) is 0.705. The average molecular weight is 579 g/mol. The van der Waals surface area contributed by atoms with Crippen LogP contribution >= 0.6 is 11.3 Å². The number of nitrogens with zero attached hydrogens (tertiary/aromatic N) is 4. The van der Waals surface area contributed by atoms with Gasteiger partial charge in [0.15, 0.2) is 11.5 Å². The van der Waals surface area contributed by atoms with Crippen molar-refractivity contribution < 1.29 is 28.2 Å². The van der Waals surface area contributed by atoms with Gasteiger partial charge in [-0.2, -0.15) is 0 Å². The molecule has 2 aliphatic rings. The van der Waals surface area contributed by atoms with Crippen molar-refractivity contribution in [1.29, 1.82) is 0 Å². The van der Waals surface area contributed by atoms with Gasteiger partial charge < -0.3 is 28.9 Å². The number of hydrogen-bond donors (Lipinski definition) is 0. The molecule has 1 fully saturated rings. The summed E-state index contributed by atoms with van der Waals surface area (Å²) in [6.07, 6.45) is 1.63. The van der Waals surface area contributed by atoms with Crippen molar-refractivity contribution in [2.75, 3.05) is 47.5 Å². The topological polar surface area (TPSA) is 83.9 Å². The van der Waals surface area contributed by atoms with Gasteiger partial charge >= 0.3 is 0 Å². The number of amides is 2. The first kappa shape index (κ1) is 28.2. The van der Waals surface area contributed by atoms with Crippen LogP contribution in [0.1, 0.15) is 36.7 Å². The number of ether oxygens (including phenoxy) is 3. The summed E-state index contributed by atoms with van der Waals surface area (Å²) >= 11 is 1.32. The van der Waals surface area contributed by atoms with E-state index in [4.69, 9.17) is 14.2 Å². The molecule has 11 heteroatoms. The Hall–Kier alpha value is -4.38. The molecule has 3 heterocycles. The molecule has 5 rings (SSSR count). The third-order valence-corrected chi connectivity index (χ3v) is 8.52. The molecular weight excluding hydrogens is 547 g/mol. The van der Waals surface area contributed by atoms with Gasteiger partial charge in [0.1, 0.15) is 10.8 Å². The number of carbonyl (C=O) groups is 2. The summed E-state index contributed by atoms with van der Waals surface area (Å²) in [5.74, 6) is 0.638. The van der Waals surface area contributed by atoms with Crippen molar-refractivity contribution in [3.8, 4) is 17.2 Å². The predicted octanol–water partition coefficient (Wildman–Crippen LogP) is 4.97. The molecule has 0 atom stereocenters. The van der Waals surface area contributed by atoms with Crippen LogP contribution in [0.3, 0.4) is 0 Å². The fraction of sp³-hybridized carbons (Fsp3) is 0.300. The molecule has 3 aromatic rings. The number of rotatable bonds is 7. The third-order valence-electron chi connectivity index (χ3n) is 7.34. The second kappa shape index (κ2) is 11.6. The number of thiophene rings is 1. The van der Waals surface area contributed by atoms with Crippen molar-refractivity contribution >= 4 is 40.2 Å². The molecule has 0 radical (unpaired) electrons. The van der Waals surface area contributed by atoms with Crippen LogP contribution in [0.15, 0.2) is 48.0 Å². The highest BCUT2D eigenvalue weighted by molar-refractivity contribution is 7.18. The Balaban J connectivity index is 1.27. The lowest BCUT2D eigenvalue weighted by atomic mass is 10.1. The van der Waals surface area contributed by atoms with Crippen LogP contribution in [0.2, 0.25) is 0 Å². The maximum atomic E-state index is 14.2. The summed E-state index contributed by atoms with van der Waals surface area (Å²) in [6, 6.07) is 9.86. The highest BCUT2D eigenvalue weighted by atomic mass is 32.1. The molecule has 41 heavy (non-hydrogen) atoms. The van der Waals surface area contributed by atoms with E-state index in [0.29, 0.717) is 70.1 Å². The number of piperazine rings is 1. The monoisotopic (exact) mass is 578 g/mol. The number of halogens is 1. The Bertz CT molecular complexity index is 1520. The third kappa shape index (κ3) is 5.24. The van der Waals surface area contributed by atoms with Crippen molar-refractivity contribution in [3.63, 3.8) is 0 Å². The quantitative estimate of drug-likeness (QED) is 0.394. The van der Waals surface area contributed by atoms with E-state index in [1.54, 1.807) is 51.4 Å². The van der Waals surface area contributed by atoms with Crippen LogP contribution in [-0.4, -0.2) is 80.4 Å². The Morgan fingerprint density at radius 2 is 1.59 bits per heavy atom. The summed E-state index contributed by atoms with van der Waals surface area (Å²) in [5.41, 5.74) is 3.22. The van der Waals surface area contributed by atoms with Crippen LogP contribution in [-0.2, 0) is 6.54 Å². The lowest BCUT2D eigenvalue weighted by molar-refractivity contribution is 0.0537. The van der Waals surface area contributed by atoms with Crippen molar-refractivity contribution in [3.05, 3.63) is 75.9 Å². The van der Waals surface area contributed by atoms with Crippen LogP contribution in [0.5, 0.6) is 17.2 Å². The molecule has 0 saturated carbocycles. The molecule has 0 unspecified atom stereocenters. The zero-order chi connectivity index (χ0) is 29.3. The highest BCUT2D eigenvalue weighted by Gasteiger charge is 2.31. The molecule has 2 amide bonds. The SMILES string of the molecule is C=C1c2c(sc(C(=O)N3CCN(C(=O)c4cc(OC)c(OC)c(OC)c4)CC3)c2C)N=CN1Cc1ccccc1F. The van der Waals surface area contributed by atoms with E-state index in [2.05, 4.69) is 11.6 Å². The lowest BCUT2D eigenvalue weighted by Crippen LogP contribution is -2.50. The molecule has 1 saturated heterocycles. The number of methoxy groups -OCH3 is 3. The fourth-order valence-electron chi connectivity index (χ4n) is 5.06. The molecule has 0 spiro atoms.